The van der Waals surface area contributed by atoms with Crippen LogP contribution in [-0.4, -0.2) is 33.9 Å². The van der Waals surface area contributed by atoms with Gasteiger partial charge in [0.15, 0.2) is 9.84 Å². The Labute approximate surface area is 145 Å². The van der Waals surface area contributed by atoms with Gasteiger partial charge < -0.3 is 9.47 Å². The molecule has 0 spiro atoms. The number of rotatable bonds is 5. The summed E-state index contributed by atoms with van der Waals surface area (Å²) in [6.07, 6.45) is 4.37. The van der Waals surface area contributed by atoms with Crippen LogP contribution in [0.1, 0.15) is 48.0 Å². The second-order valence-corrected chi connectivity index (χ2v) is 8.81. The van der Waals surface area contributed by atoms with Crippen LogP contribution in [0.4, 0.5) is 0 Å². The molecule has 0 saturated heterocycles. The number of benzene rings is 1. The third-order valence-electron chi connectivity index (χ3n) is 4.21. The zero-order valence-corrected chi connectivity index (χ0v) is 15.7. The van der Waals surface area contributed by atoms with Gasteiger partial charge >= 0.3 is 5.97 Å². The van der Waals surface area contributed by atoms with E-state index in [9.17, 15) is 13.2 Å². The Bertz CT molecular complexity index is 678. The van der Waals surface area contributed by atoms with Crippen LogP contribution in [0.3, 0.4) is 0 Å². The van der Waals surface area contributed by atoms with Crippen LogP contribution in [0.25, 0.3) is 0 Å². The smallest absolute Gasteiger partial charge is 0.342 e. The molecule has 1 fully saturated rings. The average Bonchev–Trinajstić information content (AvgIpc) is 2.56. The summed E-state index contributed by atoms with van der Waals surface area (Å²) in [6, 6.07) is 3.33. The van der Waals surface area contributed by atoms with Gasteiger partial charge in [0.25, 0.3) is 0 Å². The van der Waals surface area contributed by atoms with Crippen LogP contribution < -0.4 is 4.74 Å². The Morgan fingerprint density at radius 2 is 1.87 bits per heavy atom. The van der Waals surface area contributed by atoms with Crippen molar-refractivity contribution in [1.29, 1.82) is 0 Å². The van der Waals surface area contributed by atoms with Crippen molar-refractivity contribution in [2.45, 2.75) is 43.1 Å². The van der Waals surface area contributed by atoms with Gasteiger partial charge in [-0.25, -0.2) is 13.2 Å². The minimum atomic E-state index is -3.32. The number of methoxy groups -OCH3 is 2. The number of hydrogen-bond donors (Lipinski definition) is 0. The van der Waals surface area contributed by atoms with Gasteiger partial charge in [-0.2, -0.15) is 0 Å². The quantitative estimate of drug-likeness (QED) is 0.702. The van der Waals surface area contributed by atoms with Gasteiger partial charge in [0.05, 0.1) is 29.7 Å². The second-order valence-electron chi connectivity index (χ2n) is 5.67. The van der Waals surface area contributed by atoms with E-state index in [0.29, 0.717) is 28.6 Å². The first-order valence-corrected chi connectivity index (χ1v) is 10.1. The van der Waals surface area contributed by atoms with Crippen LogP contribution in [0, 0.1) is 0 Å². The van der Waals surface area contributed by atoms with Crippen LogP contribution in [-0.2, 0) is 20.3 Å². The molecule has 2 rings (SSSR count). The molecule has 1 aliphatic rings. The highest BCUT2D eigenvalue weighted by Crippen LogP contribution is 2.34. The molecule has 5 nitrogen and oxygen atoms in total. The van der Waals surface area contributed by atoms with Gasteiger partial charge in [-0.1, -0.05) is 25.3 Å². The Hall–Kier alpha value is -1.08. The van der Waals surface area contributed by atoms with Crippen molar-refractivity contribution < 1.29 is 22.7 Å². The number of carbonyl (C=O) groups is 1. The van der Waals surface area contributed by atoms with Gasteiger partial charge in [0.2, 0.25) is 0 Å². The topological polar surface area (TPSA) is 69.7 Å². The molecule has 7 heteroatoms. The Kier molecular flexibility index (Phi) is 6.08. The molecule has 0 atom stereocenters. The van der Waals surface area contributed by atoms with E-state index in [1.54, 1.807) is 12.1 Å². The minimum absolute atomic E-state index is 0.170. The monoisotopic (exact) mass is 404 g/mol. The average molecular weight is 405 g/mol. The van der Waals surface area contributed by atoms with E-state index >= 15 is 0 Å². The standard InChI is InChI=1S/C16H21BrO5S/c1-21-15-13(17)9-8-11(14(15)16(18)22-2)10-23(19,20)12-6-4-3-5-7-12/h8-9,12H,3-7,10H2,1-2H3. The lowest BCUT2D eigenvalue weighted by Crippen LogP contribution is -2.26. The van der Waals surface area contributed by atoms with E-state index < -0.39 is 15.8 Å². The van der Waals surface area contributed by atoms with Gasteiger partial charge in [-0.15, -0.1) is 0 Å². The van der Waals surface area contributed by atoms with Crippen LogP contribution in [0.5, 0.6) is 5.75 Å². The van der Waals surface area contributed by atoms with Crippen LogP contribution >= 0.6 is 15.9 Å². The van der Waals surface area contributed by atoms with E-state index in [0.717, 1.165) is 19.3 Å². The van der Waals surface area contributed by atoms with E-state index in [-0.39, 0.29) is 16.6 Å². The van der Waals surface area contributed by atoms with Crippen molar-refractivity contribution in [3.63, 3.8) is 0 Å². The number of ether oxygens (including phenoxy) is 2. The van der Waals surface area contributed by atoms with Gasteiger partial charge in [-0.05, 0) is 40.4 Å². The molecular weight excluding hydrogens is 384 g/mol. The van der Waals surface area contributed by atoms with Crippen molar-refractivity contribution in [2.24, 2.45) is 0 Å². The summed E-state index contributed by atoms with van der Waals surface area (Å²) in [5.74, 6) is -0.476. The Morgan fingerprint density at radius 3 is 2.43 bits per heavy atom. The molecule has 0 radical (unpaired) electrons. The SMILES string of the molecule is COC(=O)c1c(CS(=O)(=O)C2CCCCC2)ccc(Br)c1OC. The lowest BCUT2D eigenvalue weighted by molar-refractivity contribution is 0.0596. The van der Waals surface area contributed by atoms with Gasteiger partial charge in [0.1, 0.15) is 11.3 Å². The highest BCUT2D eigenvalue weighted by Gasteiger charge is 2.30. The maximum atomic E-state index is 12.7. The fourth-order valence-corrected chi connectivity index (χ4v) is 5.46. The van der Waals surface area contributed by atoms with Gasteiger partial charge in [0, 0.05) is 0 Å². The lowest BCUT2D eigenvalue weighted by atomic mass is 10.0. The minimum Gasteiger partial charge on any atom is -0.495 e. The van der Waals surface area contributed by atoms with Crippen molar-refractivity contribution >= 4 is 31.7 Å². The van der Waals surface area contributed by atoms with E-state index in [1.807, 2.05) is 0 Å². The molecule has 23 heavy (non-hydrogen) atoms. The molecule has 0 bridgehead atoms. The second kappa shape index (κ2) is 7.66. The highest BCUT2D eigenvalue weighted by atomic mass is 79.9. The summed E-state index contributed by atoms with van der Waals surface area (Å²) in [7, 11) is -0.615. The van der Waals surface area contributed by atoms with Crippen LogP contribution in [0.2, 0.25) is 0 Å². The summed E-state index contributed by atoms with van der Waals surface area (Å²) < 4.78 is 36.0. The number of sulfone groups is 1. The Balaban J connectivity index is 2.41. The first kappa shape index (κ1) is 18.3. The van der Waals surface area contributed by atoms with E-state index in [1.165, 1.54) is 14.2 Å². The largest absolute Gasteiger partial charge is 0.495 e. The lowest BCUT2D eigenvalue weighted by Gasteiger charge is -2.22. The van der Waals surface area contributed by atoms with Crippen LogP contribution in [0.15, 0.2) is 16.6 Å². The maximum absolute atomic E-state index is 12.7. The molecular formula is C16H21BrO5S. The molecule has 0 aromatic heterocycles. The molecule has 0 N–H and O–H groups in total. The molecule has 128 valence electrons. The normalized spacial score (nSPS) is 16.1. The van der Waals surface area contributed by atoms with Crippen molar-refractivity contribution in [1.82, 2.24) is 0 Å². The molecule has 0 heterocycles. The molecule has 1 aliphatic carbocycles. The predicted octanol–water partition coefficient (Wildman–Crippen LogP) is 3.49. The summed E-state index contributed by atoms with van der Waals surface area (Å²) >= 11 is 3.31. The van der Waals surface area contributed by atoms with E-state index in [4.69, 9.17) is 9.47 Å². The summed E-state index contributed by atoms with van der Waals surface area (Å²) in [5.41, 5.74) is 0.589. The molecule has 1 aromatic rings. The molecule has 0 unspecified atom stereocenters. The number of esters is 1. The third-order valence-corrected chi connectivity index (χ3v) is 7.03. The number of carbonyl (C=O) groups excluding carboxylic acids is 1. The fraction of sp³-hybridized carbons (Fsp3) is 0.562. The first-order chi connectivity index (χ1) is 10.9. The third kappa shape index (κ3) is 4.07. The zero-order chi connectivity index (χ0) is 17.0. The first-order valence-electron chi connectivity index (χ1n) is 7.56. The molecule has 0 amide bonds. The molecule has 1 aromatic carbocycles. The molecule has 0 aliphatic heterocycles. The summed E-state index contributed by atoms with van der Waals surface area (Å²) in [6.45, 7) is 0. The van der Waals surface area contributed by atoms with E-state index in [2.05, 4.69) is 15.9 Å². The maximum Gasteiger partial charge on any atom is 0.342 e. The fourth-order valence-electron chi connectivity index (χ4n) is 3.00. The Morgan fingerprint density at radius 1 is 1.22 bits per heavy atom. The summed E-state index contributed by atoms with van der Waals surface area (Å²) in [5, 5.41) is -0.323. The number of hydrogen-bond acceptors (Lipinski definition) is 5. The number of halogens is 1. The predicted molar refractivity (Wildman–Crippen MR) is 91.5 cm³/mol. The van der Waals surface area contributed by atoms with Crippen molar-refractivity contribution in [2.75, 3.05) is 14.2 Å². The van der Waals surface area contributed by atoms with Gasteiger partial charge in [-0.3, -0.25) is 0 Å². The van der Waals surface area contributed by atoms with Crippen molar-refractivity contribution in [3.05, 3.63) is 27.7 Å². The highest BCUT2D eigenvalue weighted by molar-refractivity contribution is 9.10. The summed E-state index contributed by atoms with van der Waals surface area (Å²) in [4.78, 5) is 12.1. The van der Waals surface area contributed by atoms with Crippen molar-refractivity contribution in [3.8, 4) is 5.75 Å². The zero-order valence-electron chi connectivity index (χ0n) is 13.3. The molecule has 1 saturated carbocycles.